The highest BCUT2D eigenvalue weighted by Gasteiger charge is 2.29. The molecule has 1 aliphatic heterocycles. The summed E-state index contributed by atoms with van der Waals surface area (Å²) in [6.07, 6.45) is 3.93. The number of nitrogens with one attached hydrogen (secondary N) is 1. The molecule has 1 unspecified atom stereocenters. The van der Waals surface area contributed by atoms with Gasteiger partial charge in [-0.15, -0.1) is 0 Å². The Hall–Kier alpha value is -2.83. The van der Waals surface area contributed by atoms with Crippen LogP contribution in [0.25, 0.3) is 0 Å². The molecule has 0 spiro atoms. The Kier molecular flexibility index (Phi) is 5.48. The fourth-order valence-electron chi connectivity index (χ4n) is 3.44. The zero-order valence-corrected chi connectivity index (χ0v) is 16.6. The summed E-state index contributed by atoms with van der Waals surface area (Å²) in [6, 6.07) is 4.06. The molecule has 27 heavy (non-hydrogen) atoms. The molecule has 1 atom stereocenters. The van der Waals surface area contributed by atoms with Crippen LogP contribution in [0.15, 0.2) is 24.5 Å². The van der Waals surface area contributed by atoms with Gasteiger partial charge >= 0.3 is 6.03 Å². The lowest BCUT2D eigenvalue weighted by molar-refractivity contribution is 0.190. The van der Waals surface area contributed by atoms with Gasteiger partial charge in [0.1, 0.15) is 6.10 Å². The molecule has 1 aromatic heterocycles. The van der Waals surface area contributed by atoms with E-state index in [1.807, 2.05) is 32.8 Å². The number of likely N-dealkylation sites (tertiary alicyclic amines) is 1. The van der Waals surface area contributed by atoms with Gasteiger partial charge in [-0.05, 0) is 31.9 Å². The van der Waals surface area contributed by atoms with Crippen LogP contribution in [-0.4, -0.2) is 54.2 Å². The fraction of sp³-hybridized carbons (Fsp3) is 0.450. The van der Waals surface area contributed by atoms with Crippen LogP contribution in [0.2, 0.25) is 0 Å². The second kappa shape index (κ2) is 7.82. The Bertz CT molecular complexity index is 814. The van der Waals surface area contributed by atoms with Gasteiger partial charge in [0.15, 0.2) is 5.82 Å². The molecule has 144 valence electrons. The summed E-state index contributed by atoms with van der Waals surface area (Å²) in [7, 11) is 3.80. The minimum absolute atomic E-state index is 0.0913. The topological polar surface area (TPSA) is 70.6 Å². The molecule has 7 nitrogen and oxygen atoms in total. The first kappa shape index (κ1) is 18.9. The van der Waals surface area contributed by atoms with E-state index < -0.39 is 0 Å². The number of nitrogens with zero attached hydrogens (tertiary/aromatic N) is 4. The fourth-order valence-corrected chi connectivity index (χ4v) is 3.44. The van der Waals surface area contributed by atoms with Crippen LogP contribution in [0, 0.1) is 20.8 Å². The number of amides is 2. The number of carbonyl (C=O) groups is 1. The third kappa shape index (κ3) is 4.30. The van der Waals surface area contributed by atoms with E-state index in [1.54, 1.807) is 17.3 Å². The third-order valence-electron chi connectivity index (χ3n) is 4.69. The molecule has 7 heteroatoms. The van der Waals surface area contributed by atoms with Crippen molar-refractivity contribution in [3.8, 4) is 5.88 Å². The van der Waals surface area contributed by atoms with Crippen molar-refractivity contribution in [2.75, 3.05) is 37.4 Å². The van der Waals surface area contributed by atoms with Gasteiger partial charge in [0.25, 0.3) is 5.88 Å². The zero-order chi connectivity index (χ0) is 19.6. The van der Waals surface area contributed by atoms with Gasteiger partial charge in [-0.25, -0.2) is 14.8 Å². The molecule has 1 saturated heterocycles. The summed E-state index contributed by atoms with van der Waals surface area (Å²) in [6.45, 7) is 7.27. The first-order chi connectivity index (χ1) is 12.8. The largest absolute Gasteiger partial charge is 0.470 e. The number of ether oxygens (including phenoxy) is 1. The lowest BCUT2D eigenvalue weighted by Gasteiger charge is -2.21. The summed E-state index contributed by atoms with van der Waals surface area (Å²) in [5, 5.41) is 3.06. The normalized spacial score (nSPS) is 16.3. The number of aryl methyl sites for hydroxylation is 3. The summed E-state index contributed by atoms with van der Waals surface area (Å²) in [4.78, 5) is 24.9. The van der Waals surface area contributed by atoms with Crippen LogP contribution in [0.4, 0.5) is 16.3 Å². The van der Waals surface area contributed by atoms with Crippen molar-refractivity contribution >= 4 is 17.5 Å². The Morgan fingerprint density at radius 3 is 2.52 bits per heavy atom. The van der Waals surface area contributed by atoms with Crippen molar-refractivity contribution in [3.63, 3.8) is 0 Å². The van der Waals surface area contributed by atoms with E-state index in [2.05, 4.69) is 34.3 Å². The molecule has 0 saturated carbocycles. The molecule has 1 aliphatic rings. The van der Waals surface area contributed by atoms with Crippen molar-refractivity contribution in [1.82, 2.24) is 14.9 Å². The van der Waals surface area contributed by atoms with E-state index in [0.29, 0.717) is 24.8 Å². The Morgan fingerprint density at radius 1 is 1.19 bits per heavy atom. The monoisotopic (exact) mass is 369 g/mol. The van der Waals surface area contributed by atoms with Gasteiger partial charge in [0.05, 0.1) is 6.54 Å². The Labute approximate surface area is 160 Å². The van der Waals surface area contributed by atoms with Crippen molar-refractivity contribution in [2.24, 2.45) is 0 Å². The maximum Gasteiger partial charge on any atom is 0.321 e. The maximum atomic E-state index is 12.7. The van der Waals surface area contributed by atoms with Gasteiger partial charge in [-0.2, -0.15) is 0 Å². The highest BCUT2D eigenvalue weighted by molar-refractivity contribution is 5.91. The predicted molar refractivity (Wildman–Crippen MR) is 107 cm³/mol. The van der Waals surface area contributed by atoms with Gasteiger partial charge in [-0.1, -0.05) is 17.7 Å². The summed E-state index contributed by atoms with van der Waals surface area (Å²) >= 11 is 0. The molecular weight excluding hydrogens is 342 g/mol. The van der Waals surface area contributed by atoms with Gasteiger partial charge in [0.2, 0.25) is 0 Å². The quantitative estimate of drug-likeness (QED) is 0.896. The Morgan fingerprint density at radius 2 is 1.85 bits per heavy atom. The SMILES string of the molecule is Cc1cc(C)c(NC(=O)N2CCC(Oc3nccnc3N(C)C)C2)c(C)c1. The minimum Gasteiger partial charge on any atom is -0.470 e. The molecule has 0 radical (unpaired) electrons. The molecule has 1 fully saturated rings. The molecule has 2 aromatic rings. The number of urea groups is 1. The second-order valence-corrected chi connectivity index (χ2v) is 7.26. The molecule has 3 rings (SSSR count). The minimum atomic E-state index is -0.0943. The molecule has 2 heterocycles. The number of aromatic nitrogens is 2. The number of carbonyl (C=O) groups excluding carboxylic acids is 1. The van der Waals surface area contributed by atoms with Crippen LogP contribution < -0.4 is 15.0 Å². The Balaban J connectivity index is 1.64. The lowest BCUT2D eigenvalue weighted by Crippen LogP contribution is -2.35. The van der Waals surface area contributed by atoms with Gasteiger partial charge < -0.3 is 19.9 Å². The van der Waals surface area contributed by atoms with Crippen molar-refractivity contribution in [3.05, 3.63) is 41.2 Å². The van der Waals surface area contributed by atoms with E-state index in [-0.39, 0.29) is 12.1 Å². The predicted octanol–water partition coefficient (Wildman–Crippen LogP) is 3.15. The number of anilines is 2. The van der Waals surface area contributed by atoms with Gasteiger partial charge in [0, 0.05) is 45.1 Å². The van der Waals surface area contributed by atoms with Crippen LogP contribution in [0.5, 0.6) is 5.88 Å². The van der Waals surface area contributed by atoms with Gasteiger partial charge in [-0.3, -0.25) is 0 Å². The molecule has 0 aliphatic carbocycles. The maximum absolute atomic E-state index is 12.7. The number of hydrogen-bond acceptors (Lipinski definition) is 5. The highest BCUT2D eigenvalue weighted by atomic mass is 16.5. The van der Waals surface area contributed by atoms with E-state index in [4.69, 9.17) is 4.74 Å². The van der Waals surface area contributed by atoms with Crippen LogP contribution in [0.1, 0.15) is 23.1 Å². The van der Waals surface area contributed by atoms with Crippen molar-refractivity contribution in [2.45, 2.75) is 33.3 Å². The zero-order valence-electron chi connectivity index (χ0n) is 16.6. The van der Waals surface area contributed by atoms with E-state index in [1.165, 1.54) is 5.56 Å². The standard InChI is InChI=1S/C20H27N5O2/c1-13-10-14(2)17(15(3)11-13)23-20(26)25-9-6-16(12-25)27-19-18(24(4)5)21-7-8-22-19/h7-8,10-11,16H,6,9,12H2,1-5H3,(H,23,26). The summed E-state index contributed by atoms with van der Waals surface area (Å²) < 4.78 is 6.02. The molecule has 2 amide bonds. The van der Waals surface area contributed by atoms with E-state index >= 15 is 0 Å². The molecule has 0 bridgehead atoms. The van der Waals surface area contributed by atoms with E-state index in [0.717, 1.165) is 23.2 Å². The molecule has 1 aromatic carbocycles. The number of rotatable bonds is 4. The first-order valence-corrected chi connectivity index (χ1v) is 9.14. The van der Waals surface area contributed by atoms with Crippen molar-refractivity contribution < 1.29 is 9.53 Å². The number of benzene rings is 1. The average Bonchev–Trinajstić information content (AvgIpc) is 3.07. The van der Waals surface area contributed by atoms with Crippen LogP contribution >= 0.6 is 0 Å². The number of hydrogen-bond donors (Lipinski definition) is 1. The highest BCUT2D eigenvalue weighted by Crippen LogP contribution is 2.26. The van der Waals surface area contributed by atoms with Crippen LogP contribution in [0.3, 0.4) is 0 Å². The van der Waals surface area contributed by atoms with E-state index in [9.17, 15) is 4.79 Å². The van der Waals surface area contributed by atoms with Crippen molar-refractivity contribution in [1.29, 1.82) is 0 Å². The smallest absolute Gasteiger partial charge is 0.321 e. The average molecular weight is 369 g/mol. The molecule has 1 N–H and O–H groups in total. The summed E-state index contributed by atoms with van der Waals surface area (Å²) in [5.41, 5.74) is 4.23. The second-order valence-electron chi connectivity index (χ2n) is 7.26. The third-order valence-corrected chi connectivity index (χ3v) is 4.69. The lowest BCUT2D eigenvalue weighted by atomic mass is 10.1. The van der Waals surface area contributed by atoms with Crippen LogP contribution in [-0.2, 0) is 0 Å². The molecular formula is C20H27N5O2. The summed E-state index contributed by atoms with van der Waals surface area (Å²) in [5.74, 6) is 1.19. The first-order valence-electron chi connectivity index (χ1n) is 9.14.